The first kappa shape index (κ1) is 16.1. The van der Waals surface area contributed by atoms with Crippen LogP contribution in [0.2, 0.25) is 0 Å². The predicted octanol–water partition coefficient (Wildman–Crippen LogP) is 4.21. The summed E-state index contributed by atoms with van der Waals surface area (Å²) in [7, 11) is 1.55. The molecule has 1 N–H and O–H groups in total. The third kappa shape index (κ3) is 2.68. The lowest BCUT2D eigenvalue weighted by atomic mass is 9.85. The molecule has 0 unspecified atom stereocenters. The molecule has 4 rings (SSSR count). The van der Waals surface area contributed by atoms with E-state index in [1.54, 1.807) is 13.2 Å². The molecule has 0 spiro atoms. The molecule has 2 aromatic rings. The van der Waals surface area contributed by atoms with E-state index >= 15 is 0 Å². The molecule has 0 bridgehead atoms. The lowest BCUT2D eigenvalue weighted by Gasteiger charge is -2.17. The third-order valence-corrected chi connectivity index (χ3v) is 5.34. The summed E-state index contributed by atoms with van der Waals surface area (Å²) in [4.78, 5) is 0. The molecule has 0 aliphatic carbocycles. The molecule has 0 saturated carbocycles. The molecule has 1 fully saturated rings. The third-order valence-electron chi connectivity index (χ3n) is 5.34. The lowest BCUT2D eigenvalue weighted by Crippen LogP contribution is -2.09. The number of aromatic hydroxyl groups is 1. The summed E-state index contributed by atoms with van der Waals surface area (Å²) in [6.45, 7) is 4.67. The Labute approximate surface area is 147 Å². The van der Waals surface area contributed by atoms with E-state index in [0.717, 1.165) is 22.6 Å². The van der Waals surface area contributed by atoms with Crippen LogP contribution in [0.25, 0.3) is 0 Å². The molecule has 1 saturated heterocycles. The van der Waals surface area contributed by atoms with E-state index in [1.807, 2.05) is 30.3 Å². The number of methoxy groups -OCH3 is 1. The van der Waals surface area contributed by atoms with Crippen LogP contribution in [0, 0.1) is 11.8 Å². The fraction of sp³-hybridized carbons (Fsp3) is 0.400. The van der Waals surface area contributed by atoms with Gasteiger partial charge in [0.15, 0.2) is 23.0 Å². The van der Waals surface area contributed by atoms with Gasteiger partial charge in [-0.15, -0.1) is 0 Å². The minimum atomic E-state index is -0.0556. The van der Waals surface area contributed by atoms with E-state index < -0.39 is 0 Å². The van der Waals surface area contributed by atoms with Crippen molar-refractivity contribution in [2.75, 3.05) is 13.9 Å². The first-order chi connectivity index (χ1) is 12.1. The first-order valence-electron chi connectivity index (χ1n) is 8.50. The van der Waals surface area contributed by atoms with Crippen molar-refractivity contribution in [2.45, 2.75) is 26.1 Å². The average Bonchev–Trinajstić information content (AvgIpc) is 3.20. The molecule has 5 heteroatoms. The minimum absolute atomic E-state index is 0.0192. The molecule has 2 aliphatic rings. The van der Waals surface area contributed by atoms with Crippen LogP contribution in [0.1, 0.15) is 37.2 Å². The smallest absolute Gasteiger partial charge is 0.231 e. The van der Waals surface area contributed by atoms with Crippen molar-refractivity contribution in [3.63, 3.8) is 0 Å². The van der Waals surface area contributed by atoms with Crippen molar-refractivity contribution in [3.8, 4) is 23.0 Å². The van der Waals surface area contributed by atoms with E-state index in [1.165, 1.54) is 0 Å². The van der Waals surface area contributed by atoms with Gasteiger partial charge < -0.3 is 24.1 Å². The fourth-order valence-corrected chi connectivity index (χ4v) is 3.68. The molecular weight excluding hydrogens is 320 g/mol. The van der Waals surface area contributed by atoms with Crippen LogP contribution in [-0.4, -0.2) is 19.0 Å². The van der Waals surface area contributed by atoms with Crippen LogP contribution in [0.5, 0.6) is 23.0 Å². The summed E-state index contributed by atoms with van der Waals surface area (Å²) in [6, 6.07) is 11.4. The van der Waals surface area contributed by atoms with Gasteiger partial charge in [-0.05, 0) is 47.2 Å². The van der Waals surface area contributed by atoms with Crippen molar-refractivity contribution < 1.29 is 24.1 Å². The molecule has 25 heavy (non-hydrogen) atoms. The van der Waals surface area contributed by atoms with Crippen molar-refractivity contribution in [1.82, 2.24) is 0 Å². The second-order valence-corrected chi connectivity index (χ2v) is 6.74. The summed E-state index contributed by atoms with van der Waals surface area (Å²) in [5.41, 5.74) is 2.11. The number of phenolic OH excluding ortho intramolecular Hbond substituents is 1. The number of hydrogen-bond acceptors (Lipinski definition) is 5. The molecule has 0 radical (unpaired) electrons. The maximum Gasteiger partial charge on any atom is 0.231 e. The van der Waals surface area contributed by atoms with Gasteiger partial charge in [-0.25, -0.2) is 0 Å². The standard InChI is InChI=1S/C20H22O5/c1-11-12(2)20(14-5-7-16-18(9-14)24-10-23-16)25-19(11)13-4-6-15(21)17(8-13)22-3/h4-9,11-12,19-21H,10H2,1-3H3/t11-,12+,19-,20+/m0/s1. The Balaban J connectivity index is 1.63. The molecule has 132 valence electrons. The van der Waals surface area contributed by atoms with Crippen LogP contribution in [0.4, 0.5) is 0 Å². The lowest BCUT2D eigenvalue weighted by molar-refractivity contribution is 0.0288. The quantitative estimate of drug-likeness (QED) is 0.905. The maximum absolute atomic E-state index is 9.82. The van der Waals surface area contributed by atoms with Gasteiger partial charge in [0.2, 0.25) is 6.79 Å². The Bertz CT molecular complexity index is 767. The number of phenols is 1. The first-order valence-corrected chi connectivity index (χ1v) is 8.50. The Hall–Kier alpha value is -2.40. The Morgan fingerprint density at radius 1 is 0.920 bits per heavy atom. The highest BCUT2D eigenvalue weighted by atomic mass is 16.7. The van der Waals surface area contributed by atoms with Crippen LogP contribution in [0.15, 0.2) is 36.4 Å². The largest absolute Gasteiger partial charge is 0.504 e. The highest BCUT2D eigenvalue weighted by Crippen LogP contribution is 2.50. The van der Waals surface area contributed by atoms with Crippen LogP contribution in [0.3, 0.4) is 0 Å². The second kappa shape index (κ2) is 6.15. The van der Waals surface area contributed by atoms with Gasteiger partial charge in [-0.1, -0.05) is 26.0 Å². The monoisotopic (exact) mass is 342 g/mol. The Morgan fingerprint density at radius 3 is 2.28 bits per heavy atom. The fourth-order valence-electron chi connectivity index (χ4n) is 3.68. The number of rotatable bonds is 3. The van der Waals surface area contributed by atoms with Crippen LogP contribution < -0.4 is 14.2 Å². The van der Waals surface area contributed by atoms with Gasteiger partial charge in [0.25, 0.3) is 0 Å². The number of ether oxygens (including phenoxy) is 4. The van der Waals surface area contributed by atoms with E-state index in [9.17, 15) is 5.11 Å². The van der Waals surface area contributed by atoms with Crippen LogP contribution >= 0.6 is 0 Å². The molecule has 0 aromatic heterocycles. The molecule has 5 nitrogen and oxygen atoms in total. The van der Waals surface area contributed by atoms with E-state index in [4.69, 9.17) is 18.9 Å². The van der Waals surface area contributed by atoms with Gasteiger partial charge in [0.05, 0.1) is 19.3 Å². The molecule has 0 amide bonds. The topological polar surface area (TPSA) is 57.2 Å². The predicted molar refractivity (Wildman–Crippen MR) is 92.1 cm³/mol. The molecule has 2 heterocycles. The van der Waals surface area contributed by atoms with E-state index in [0.29, 0.717) is 17.6 Å². The van der Waals surface area contributed by atoms with Gasteiger partial charge in [-0.3, -0.25) is 0 Å². The molecule has 4 atom stereocenters. The zero-order chi connectivity index (χ0) is 17.6. The Morgan fingerprint density at radius 2 is 1.56 bits per heavy atom. The minimum Gasteiger partial charge on any atom is -0.504 e. The zero-order valence-corrected chi connectivity index (χ0v) is 14.6. The summed E-state index contributed by atoms with van der Waals surface area (Å²) in [5, 5.41) is 9.82. The zero-order valence-electron chi connectivity index (χ0n) is 14.6. The molecule has 2 aromatic carbocycles. The number of fused-ring (bicyclic) bond motifs is 1. The average molecular weight is 342 g/mol. The number of benzene rings is 2. The summed E-state index contributed by atoms with van der Waals surface area (Å²) in [5.74, 6) is 2.82. The van der Waals surface area contributed by atoms with E-state index in [2.05, 4.69) is 13.8 Å². The van der Waals surface area contributed by atoms with Gasteiger partial charge in [0, 0.05) is 0 Å². The summed E-state index contributed by atoms with van der Waals surface area (Å²) < 4.78 is 22.5. The van der Waals surface area contributed by atoms with Crippen molar-refractivity contribution in [1.29, 1.82) is 0 Å². The molecule has 2 aliphatic heterocycles. The van der Waals surface area contributed by atoms with Gasteiger partial charge in [0.1, 0.15) is 0 Å². The van der Waals surface area contributed by atoms with Gasteiger partial charge in [-0.2, -0.15) is 0 Å². The van der Waals surface area contributed by atoms with E-state index in [-0.39, 0.29) is 24.8 Å². The van der Waals surface area contributed by atoms with Crippen LogP contribution in [-0.2, 0) is 4.74 Å². The normalized spacial score (nSPS) is 27.5. The molecular formula is C20H22O5. The second-order valence-electron chi connectivity index (χ2n) is 6.74. The number of hydrogen-bond donors (Lipinski definition) is 1. The summed E-state index contributed by atoms with van der Waals surface area (Å²) >= 11 is 0. The highest BCUT2D eigenvalue weighted by molar-refractivity contribution is 5.46. The summed E-state index contributed by atoms with van der Waals surface area (Å²) in [6.07, 6.45) is -0.0748. The maximum atomic E-state index is 9.82. The van der Waals surface area contributed by atoms with Gasteiger partial charge >= 0.3 is 0 Å². The highest BCUT2D eigenvalue weighted by Gasteiger charge is 2.41. The SMILES string of the molecule is COc1cc([C@H]2O[C@@H](c3ccc4c(c3)OCO4)[C@H](C)[C@@H]2C)ccc1O. The van der Waals surface area contributed by atoms with Crippen molar-refractivity contribution in [3.05, 3.63) is 47.5 Å². The van der Waals surface area contributed by atoms with Crippen molar-refractivity contribution in [2.24, 2.45) is 11.8 Å². The Kier molecular flexibility index (Phi) is 3.96. The van der Waals surface area contributed by atoms with Crippen molar-refractivity contribution >= 4 is 0 Å².